The molecule has 0 atom stereocenters. The lowest BCUT2D eigenvalue weighted by atomic mass is 10.0. The summed E-state index contributed by atoms with van der Waals surface area (Å²) < 4.78 is 0. The highest BCUT2D eigenvalue weighted by Gasteiger charge is 2.41. The quantitative estimate of drug-likeness (QED) is 0.777. The van der Waals surface area contributed by atoms with Crippen molar-refractivity contribution in [2.24, 2.45) is 5.41 Å². The number of hydrogen-bond donors (Lipinski definition) is 1. The average Bonchev–Trinajstić information content (AvgIpc) is 2.98. The first-order valence-electron chi connectivity index (χ1n) is 5.35. The molecule has 3 heteroatoms. The van der Waals surface area contributed by atoms with E-state index < -0.39 is 0 Å². The molecule has 1 N–H and O–H groups in total. The van der Waals surface area contributed by atoms with E-state index in [9.17, 15) is 0 Å². The summed E-state index contributed by atoms with van der Waals surface area (Å²) in [6.45, 7) is 3.32. The van der Waals surface area contributed by atoms with Gasteiger partial charge in [0.1, 0.15) is 12.1 Å². The Bertz CT molecular complexity index is 280. The van der Waals surface area contributed by atoms with Crippen LogP contribution in [-0.2, 0) is 0 Å². The third-order valence-electron chi connectivity index (χ3n) is 2.96. The van der Waals surface area contributed by atoms with Crippen molar-refractivity contribution in [2.45, 2.75) is 32.6 Å². The number of anilines is 1. The Hall–Kier alpha value is -1.12. The van der Waals surface area contributed by atoms with Crippen LogP contribution < -0.4 is 5.32 Å². The van der Waals surface area contributed by atoms with E-state index in [1.165, 1.54) is 25.7 Å². The normalized spacial score (nSPS) is 17.8. The van der Waals surface area contributed by atoms with Gasteiger partial charge in [-0.25, -0.2) is 9.97 Å². The summed E-state index contributed by atoms with van der Waals surface area (Å²) in [5.41, 5.74) is 0.583. The van der Waals surface area contributed by atoms with Crippen molar-refractivity contribution in [1.82, 2.24) is 9.97 Å². The summed E-state index contributed by atoms with van der Waals surface area (Å²) in [7, 11) is 0. The van der Waals surface area contributed by atoms with Gasteiger partial charge in [-0.15, -0.1) is 0 Å². The van der Waals surface area contributed by atoms with Crippen molar-refractivity contribution in [2.75, 3.05) is 11.9 Å². The van der Waals surface area contributed by atoms with E-state index in [0.29, 0.717) is 5.41 Å². The molecule has 14 heavy (non-hydrogen) atoms. The van der Waals surface area contributed by atoms with Gasteiger partial charge < -0.3 is 5.32 Å². The third-order valence-corrected chi connectivity index (χ3v) is 2.96. The minimum absolute atomic E-state index is 0.583. The summed E-state index contributed by atoms with van der Waals surface area (Å²) >= 11 is 0. The summed E-state index contributed by atoms with van der Waals surface area (Å²) in [5.74, 6) is 0.947. The van der Waals surface area contributed by atoms with Gasteiger partial charge in [0, 0.05) is 12.7 Å². The second kappa shape index (κ2) is 3.95. The molecule has 1 saturated carbocycles. The van der Waals surface area contributed by atoms with Gasteiger partial charge in [-0.05, 0) is 30.7 Å². The zero-order chi connectivity index (χ0) is 9.86. The molecule has 0 amide bonds. The van der Waals surface area contributed by atoms with Crippen LogP contribution >= 0.6 is 0 Å². The molecule has 0 unspecified atom stereocenters. The molecule has 0 radical (unpaired) electrons. The molecule has 0 bridgehead atoms. The predicted molar refractivity (Wildman–Crippen MR) is 57.1 cm³/mol. The highest BCUT2D eigenvalue weighted by Crippen LogP contribution is 2.49. The maximum absolute atomic E-state index is 4.15. The fraction of sp³-hybridized carbons (Fsp3) is 0.636. The molecule has 1 fully saturated rings. The molecular formula is C11H17N3. The molecule has 1 aliphatic rings. The molecule has 0 aliphatic heterocycles. The van der Waals surface area contributed by atoms with Crippen LogP contribution in [0.15, 0.2) is 18.6 Å². The van der Waals surface area contributed by atoms with E-state index in [-0.39, 0.29) is 0 Å². The number of aromatic nitrogens is 2. The van der Waals surface area contributed by atoms with Crippen LogP contribution in [0.2, 0.25) is 0 Å². The molecule has 1 aromatic rings. The van der Waals surface area contributed by atoms with Crippen LogP contribution in [0.5, 0.6) is 0 Å². The van der Waals surface area contributed by atoms with E-state index >= 15 is 0 Å². The zero-order valence-corrected chi connectivity index (χ0v) is 8.66. The van der Waals surface area contributed by atoms with Crippen molar-refractivity contribution in [3.05, 3.63) is 18.6 Å². The number of nitrogens with zero attached hydrogens (tertiary/aromatic N) is 2. The van der Waals surface area contributed by atoms with Gasteiger partial charge in [0.15, 0.2) is 0 Å². The molecule has 1 heterocycles. The van der Waals surface area contributed by atoms with Crippen molar-refractivity contribution in [3.8, 4) is 0 Å². The third kappa shape index (κ3) is 2.22. The van der Waals surface area contributed by atoms with Crippen LogP contribution in [0.25, 0.3) is 0 Å². The fourth-order valence-electron chi connectivity index (χ4n) is 1.90. The van der Waals surface area contributed by atoms with E-state index in [1.54, 1.807) is 12.5 Å². The molecule has 0 saturated heterocycles. The van der Waals surface area contributed by atoms with Gasteiger partial charge >= 0.3 is 0 Å². The summed E-state index contributed by atoms with van der Waals surface area (Å²) in [6, 6.07) is 1.92. The summed E-state index contributed by atoms with van der Waals surface area (Å²) in [4.78, 5) is 8.04. The Labute approximate surface area is 85.0 Å². The maximum Gasteiger partial charge on any atom is 0.129 e. The standard InChI is InChI=1S/C11H17N3/c1-2-4-11(5-6-11)8-13-10-3-7-12-9-14-10/h3,7,9H,2,4-6,8H2,1H3,(H,12,13,14). The van der Waals surface area contributed by atoms with Gasteiger partial charge in [0.2, 0.25) is 0 Å². The largest absolute Gasteiger partial charge is 0.369 e. The molecule has 0 spiro atoms. The Morgan fingerprint density at radius 2 is 2.36 bits per heavy atom. The molecule has 2 rings (SSSR count). The minimum Gasteiger partial charge on any atom is -0.369 e. The molecule has 1 aromatic heterocycles. The summed E-state index contributed by atoms with van der Waals surface area (Å²) in [5, 5.41) is 3.38. The lowest BCUT2D eigenvalue weighted by molar-refractivity contribution is 0.485. The van der Waals surface area contributed by atoms with E-state index in [0.717, 1.165) is 12.4 Å². The van der Waals surface area contributed by atoms with Gasteiger partial charge in [-0.1, -0.05) is 13.3 Å². The van der Waals surface area contributed by atoms with Crippen molar-refractivity contribution < 1.29 is 0 Å². The molecule has 1 aliphatic carbocycles. The highest BCUT2D eigenvalue weighted by atomic mass is 15.0. The Kier molecular flexibility index (Phi) is 2.66. The van der Waals surface area contributed by atoms with Gasteiger partial charge in [0.05, 0.1) is 0 Å². The topological polar surface area (TPSA) is 37.8 Å². The fourth-order valence-corrected chi connectivity index (χ4v) is 1.90. The Morgan fingerprint density at radius 3 is 2.93 bits per heavy atom. The Morgan fingerprint density at radius 1 is 1.50 bits per heavy atom. The van der Waals surface area contributed by atoms with Gasteiger partial charge in [-0.2, -0.15) is 0 Å². The highest BCUT2D eigenvalue weighted by molar-refractivity contribution is 5.32. The first kappa shape index (κ1) is 9.44. The van der Waals surface area contributed by atoms with E-state index in [4.69, 9.17) is 0 Å². The maximum atomic E-state index is 4.15. The van der Waals surface area contributed by atoms with E-state index in [1.807, 2.05) is 6.07 Å². The lowest BCUT2D eigenvalue weighted by Crippen LogP contribution is -2.15. The van der Waals surface area contributed by atoms with Crippen LogP contribution in [0.3, 0.4) is 0 Å². The van der Waals surface area contributed by atoms with Crippen LogP contribution in [0.1, 0.15) is 32.6 Å². The molecule has 3 nitrogen and oxygen atoms in total. The lowest BCUT2D eigenvalue weighted by Gasteiger charge is -2.14. The molecular weight excluding hydrogens is 174 g/mol. The van der Waals surface area contributed by atoms with Gasteiger partial charge in [0.25, 0.3) is 0 Å². The van der Waals surface area contributed by atoms with Gasteiger partial charge in [-0.3, -0.25) is 0 Å². The van der Waals surface area contributed by atoms with Crippen LogP contribution in [0, 0.1) is 5.41 Å². The second-order valence-electron chi connectivity index (χ2n) is 4.20. The number of nitrogens with one attached hydrogen (secondary N) is 1. The van der Waals surface area contributed by atoms with Crippen molar-refractivity contribution >= 4 is 5.82 Å². The number of rotatable bonds is 5. The number of hydrogen-bond acceptors (Lipinski definition) is 3. The van der Waals surface area contributed by atoms with Crippen molar-refractivity contribution in [3.63, 3.8) is 0 Å². The van der Waals surface area contributed by atoms with Crippen LogP contribution in [0.4, 0.5) is 5.82 Å². The molecule has 0 aromatic carbocycles. The SMILES string of the molecule is CCCC1(CNc2ccncn2)CC1. The first-order chi connectivity index (χ1) is 6.85. The van der Waals surface area contributed by atoms with Crippen molar-refractivity contribution in [1.29, 1.82) is 0 Å². The summed E-state index contributed by atoms with van der Waals surface area (Å²) in [6.07, 6.45) is 8.73. The minimum atomic E-state index is 0.583. The predicted octanol–water partition coefficient (Wildman–Crippen LogP) is 2.47. The second-order valence-corrected chi connectivity index (χ2v) is 4.20. The smallest absolute Gasteiger partial charge is 0.129 e. The Balaban J connectivity index is 1.83. The van der Waals surface area contributed by atoms with Crippen LogP contribution in [-0.4, -0.2) is 16.5 Å². The van der Waals surface area contributed by atoms with E-state index in [2.05, 4.69) is 22.2 Å². The first-order valence-corrected chi connectivity index (χ1v) is 5.35. The zero-order valence-electron chi connectivity index (χ0n) is 8.66. The average molecular weight is 191 g/mol. The molecule has 76 valence electrons. The monoisotopic (exact) mass is 191 g/mol.